The van der Waals surface area contributed by atoms with Gasteiger partial charge in [0.05, 0.1) is 6.54 Å². The van der Waals surface area contributed by atoms with E-state index in [1.807, 2.05) is 0 Å². The second-order valence-electron chi connectivity index (χ2n) is 6.60. The number of aliphatic imine (C=N–C) groups is 2. The van der Waals surface area contributed by atoms with Crippen LogP contribution in [0.25, 0.3) is 0 Å². The molecule has 10 nitrogen and oxygen atoms in total. The van der Waals surface area contributed by atoms with E-state index in [0.717, 1.165) is 24.2 Å². The molecule has 146 valence electrons. The van der Waals surface area contributed by atoms with Gasteiger partial charge in [-0.3, -0.25) is 0 Å². The fourth-order valence-electron chi connectivity index (χ4n) is 3.52. The first-order chi connectivity index (χ1) is 13.1. The standard InChI is InChI=1S/C17H23N4O6/c22-12-18-9-5-1-2-6-10-20-15(24)21(17(26)27-16(20)25)11-7-3-4-8-14(21)19-13-23/h14H,1-11H2/q+1. The molecule has 2 unspecified atom stereocenters. The van der Waals surface area contributed by atoms with E-state index < -0.39 is 28.9 Å². The van der Waals surface area contributed by atoms with E-state index in [9.17, 15) is 24.0 Å². The molecule has 27 heavy (non-hydrogen) atoms. The third-order valence-corrected chi connectivity index (χ3v) is 4.94. The number of imide groups is 2. The molecule has 0 aromatic heterocycles. The molecule has 4 amide bonds. The minimum absolute atomic E-state index is 0.111. The Bertz CT molecular complexity index is 683. The highest BCUT2D eigenvalue weighted by molar-refractivity contribution is 6.00. The highest BCUT2D eigenvalue weighted by Gasteiger charge is 2.61. The molecule has 0 saturated carbocycles. The third-order valence-electron chi connectivity index (χ3n) is 4.94. The van der Waals surface area contributed by atoms with E-state index in [0.29, 0.717) is 38.6 Å². The molecule has 2 saturated heterocycles. The van der Waals surface area contributed by atoms with E-state index in [-0.39, 0.29) is 13.1 Å². The van der Waals surface area contributed by atoms with Crippen molar-refractivity contribution in [2.75, 3.05) is 19.6 Å². The van der Waals surface area contributed by atoms with Gasteiger partial charge in [0.1, 0.15) is 6.54 Å². The number of nitrogens with zero attached hydrogens (tertiary/aromatic N) is 4. The normalized spacial score (nSPS) is 25.4. The minimum atomic E-state index is -0.989. The Morgan fingerprint density at radius 2 is 1.81 bits per heavy atom. The number of quaternary nitrogens is 1. The molecule has 0 radical (unpaired) electrons. The van der Waals surface area contributed by atoms with Gasteiger partial charge in [0.25, 0.3) is 0 Å². The van der Waals surface area contributed by atoms with Crippen molar-refractivity contribution in [1.82, 2.24) is 4.90 Å². The molecule has 1 spiro atoms. The summed E-state index contributed by atoms with van der Waals surface area (Å²) in [6.07, 6.45) is 5.24. The quantitative estimate of drug-likeness (QED) is 0.210. The molecule has 2 fully saturated rings. The molecule has 2 aliphatic rings. The van der Waals surface area contributed by atoms with Crippen molar-refractivity contribution in [3.05, 3.63) is 0 Å². The summed E-state index contributed by atoms with van der Waals surface area (Å²) >= 11 is 0. The molecular weight excluding hydrogens is 356 g/mol. The Balaban J connectivity index is 2.09. The Labute approximate surface area is 156 Å². The number of rotatable bonds is 8. The summed E-state index contributed by atoms with van der Waals surface area (Å²) in [5.41, 5.74) is 0. The number of urea groups is 1. The van der Waals surface area contributed by atoms with Crippen molar-refractivity contribution in [1.29, 1.82) is 0 Å². The van der Waals surface area contributed by atoms with Crippen LogP contribution in [0.3, 0.4) is 0 Å². The third kappa shape index (κ3) is 4.54. The molecule has 2 aliphatic heterocycles. The van der Waals surface area contributed by atoms with Crippen LogP contribution in [0.4, 0.5) is 14.4 Å². The van der Waals surface area contributed by atoms with Gasteiger partial charge in [-0.25, -0.2) is 24.2 Å². The van der Waals surface area contributed by atoms with E-state index in [1.54, 1.807) is 0 Å². The maximum Gasteiger partial charge on any atom is 0.536 e. The Kier molecular flexibility index (Phi) is 7.55. The molecule has 2 heterocycles. The van der Waals surface area contributed by atoms with Crippen LogP contribution in [0.5, 0.6) is 0 Å². The number of cyclic esters (lactones) is 2. The molecule has 0 N–H and O–H groups in total. The number of hydrogen-bond acceptors (Lipinski definition) is 8. The van der Waals surface area contributed by atoms with Crippen molar-refractivity contribution < 1.29 is 33.2 Å². The second kappa shape index (κ2) is 9.87. The first-order valence-electron chi connectivity index (χ1n) is 9.14. The number of carbonyl (C=O) groups excluding carboxylic acids is 5. The Morgan fingerprint density at radius 1 is 1.04 bits per heavy atom. The largest absolute Gasteiger partial charge is 0.536 e. The first kappa shape index (κ1) is 20.6. The van der Waals surface area contributed by atoms with Crippen LogP contribution >= 0.6 is 0 Å². The maximum absolute atomic E-state index is 13.1. The molecule has 10 heteroatoms. The highest BCUT2D eigenvalue weighted by atomic mass is 16.6. The van der Waals surface area contributed by atoms with Crippen LogP contribution in [-0.4, -0.2) is 65.6 Å². The predicted molar refractivity (Wildman–Crippen MR) is 90.9 cm³/mol. The van der Waals surface area contributed by atoms with Gasteiger partial charge in [0, 0.05) is 13.0 Å². The molecule has 0 aliphatic carbocycles. The van der Waals surface area contributed by atoms with Gasteiger partial charge in [-0.15, -0.1) is 9.48 Å². The summed E-state index contributed by atoms with van der Waals surface area (Å²) in [4.78, 5) is 66.6. The van der Waals surface area contributed by atoms with Gasteiger partial charge in [-0.05, 0) is 32.1 Å². The minimum Gasteiger partial charge on any atom is -0.327 e. The van der Waals surface area contributed by atoms with Gasteiger partial charge in [-0.2, -0.15) is 9.69 Å². The van der Waals surface area contributed by atoms with Crippen LogP contribution in [0, 0.1) is 0 Å². The zero-order valence-corrected chi connectivity index (χ0v) is 15.1. The van der Waals surface area contributed by atoms with Crippen molar-refractivity contribution in [2.45, 2.75) is 57.5 Å². The summed E-state index contributed by atoms with van der Waals surface area (Å²) in [5.74, 6) is 0. The lowest BCUT2D eigenvalue weighted by Gasteiger charge is -2.39. The second-order valence-corrected chi connectivity index (χ2v) is 6.60. The van der Waals surface area contributed by atoms with Crippen LogP contribution in [-0.2, 0) is 14.3 Å². The lowest BCUT2D eigenvalue weighted by atomic mass is 10.2. The summed E-state index contributed by atoms with van der Waals surface area (Å²) in [7, 11) is 0. The number of unbranched alkanes of at least 4 members (excludes halogenated alkanes) is 3. The lowest BCUT2D eigenvalue weighted by molar-refractivity contribution is -0.808. The van der Waals surface area contributed by atoms with Gasteiger partial charge >= 0.3 is 18.2 Å². The van der Waals surface area contributed by atoms with Crippen molar-refractivity contribution in [3.63, 3.8) is 0 Å². The number of hydrogen-bond donors (Lipinski definition) is 0. The Hall–Kier alpha value is -2.67. The number of ether oxygens (including phenoxy) is 1. The Morgan fingerprint density at radius 3 is 2.56 bits per heavy atom. The fourth-order valence-corrected chi connectivity index (χ4v) is 3.52. The fraction of sp³-hybridized carbons (Fsp3) is 0.706. The van der Waals surface area contributed by atoms with Crippen molar-refractivity contribution in [2.24, 2.45) is 9.98 Å². The zero-order chi connectivity index (χ0) is 19.7. The van der Waals surface area contributed by atoms with Gasteiger partial charge in [0.2, 0.25) is 18.3 Å². The first-order valence-corrected chi connectivity index (χ1v) is 9.14. The monoisotopic (exact) mass is 379 g/mol. The van der Waals surface area contributed by atoms with E-state index in [1.165, 1.54) is 12.2 Å². The number of carbonyl (C=O) groups is 3. The predicted octanol–water partition coefficient (Wildman–Crippen LogP) is 2.63. The molecular formula is C17H23N4O6+. The molecule has 0 aromatic carbocycles. The number of isocyanates is 2. The molecule has 2 rings (SSSR count). The van der Waals surface area contributed by atoms with Gasteiger partial charge in [0.15, 0.2) is 0 Å². The molecule has 2 atom stereocenters. The van der Waals surface area contributed by atoms with Crippen molar-refractivity contribution >= 4 is 30.4 Å². The lowest BCUT2D eigenvalue weighted by Crippen LogP contribution is -2.71. The molecule has 0 aromatic rings. The van der Waals surface area contributed by atoms with Gasteiger partial charge in [-0.1, -0.05) is 12.8 Å². The summed E-state index contributed by atoms with van der Waals surface area (Å²) in [5, 5.41) is 0. The molecule has 0 bridgehead atoms. The van der Waals surface area contributed by atoms with Crippen LogP contribution in [0.1, 0.15) is 51.4 Å². The van der Waals surface area contributed by atoms with E-state index in [2.05, 4.69) is 9.98 Å². The van der Waals surface area contributed by atoms with Crippen molar-refractivity contribution in [3.8, 4) is 0 Å². The van der Waals surface area contributed by atoms with Crippen LogP contribution < -0.4 is 0 Å². The average molecular weight is 379 g/mol. The van der Waals surface area contributed by atoms with Gasteiger partial charge < -0.3 is 4.74 Å². The summed E-state index contributed by atoms with van der Waals surface area (Å²) in [6, 6.07) is -0.687. The van der Waals surface area contributed by atoms with Crippen LogP contribution in [0.15, 0.2) is 9.98 Å². The SMILES string of the molecule is O=C=NCCCCCCN1C(=O)OC(=O)[N+]2(CCCCCC2N=C=O)C1=O. The van der Waals surface area contributed by atoms with Crippen LogP contribution in [0.2, 0.25) is 0 Å². The topological polar surface area (TPSA) is 123 Å². The average Bonchev–Trinajstić information content (AvgIpc) is 2.86. The highest BCUT2D eigenvalue weighted by Crippen LogP contribution is 2.32. The van der Waals surface area contributed by atoms with E-state index >= 15 is 0 Å². The zero-order valence-electron chi connectivity index (χ0n) is 15.1. The maximum atomic E-state index is 13.1. The summed E-state index contributed by atoms with van der Waals surface area (Å²) < 4.78 is 4.07. The van der Waals surface area contributed by atoms with E-state index in [4.69, 9.17) is 4.74 Å². The summed E-state index contributed by atoms with van der Waals surface area (Å²) in [6.45, 7) is 0.647. The smallest absolute Gasteiger partial charge is 0.327 e. The number of amides is 4.